The summed E-state index contributed by atoms with van der Waals surface area (Å²) in [7, 11) is 7.87. The highest BCUT2D eigenvalue weighted by molar-refractivity contribution is 6.07. The molecule has 0 bridgehead atoms. The molecule has 0 aliphatic heterocycles. The monoisotopic (exact) mass is 720 g/mol. The van der Waals surface area contributed by atoms with E-state index in [4.69, 9.17) is 4.74 Å². The number of anilines is 4. The highest BCUT2D eigenvalue weighted by atomic mass is 16.6. The summed E-state index contributed by atoms with van der Waals surface area (Å²) in [6.45, 7) is 5.59. The van der Waals surface area contributed by atoms with E-state index in [2.05, 4.69) is 36.3 Å². The average molecular weight is 721 g/mol. The molecular formula is C34H44N10O8. The fourth-order valence-corrected chi connectivity index (χ4v) is 5.09. The van der Waals surface area contributed by atoms with Gasteiger partial charge in [0, 0.05) is 65.9 Å². The molecule has 0 saturated heterocycles. The van der Waals surface area contributed by atoms with E-state index >= 15 is 0 Å². The SMILES string of the molecule is COC(=O)CCCCNC(=O)c1cc(NC(=O)c2cc(NC(=O)c3nc(NC(=O)c4cc(NC(=O)OC(C)(C)C)cn4C)cn3C)cn2C)cn1C. The number of amides is 5. The zero-order valence-corrected chi connectivity index (χ0v) is 30.4. The number of hydrogen-bond acceptors (Lipinski definition) is 9. The van der Waals surface area contributed by atoms with Crippen LogP contribution in [0.4, 0.5) is 27.7 Å². The molecule has 0 aliphatic carbocycles. The Kier molecular flexibility index (Phi) is 11.9. The van der Waals surface area contributed by atoms with Crippen LogP contribution < -0.4 is 26.6 Å². The van der Waals surface area contributed by atoms with Crippen molar-refractivity contribution < 1.29 is 38.2 Å². The lowest BCUT2D eigenvalue weighted by atomic mass is 10.2. The van der Waals surface area contributed by atoms with E-state index in [-0.39, 0.29) is 41.3 Å². The highest BCUT2D eigenvalue weighted by Gasteiger charge is 2.22. The van der Waals surface area contributed by atoms with Gasteiger partial charge in [-0.1, -0.05) is 0 Å². The number of ether oxygens (including phenoxy) is 2. The summed E-state index contributed by atoms with van der Waals surface area (Å²) in [5.74, 6) is -2.12. The van der Waals surface area contributed by atoms with E-state index in [1.54, 1.807) is 78.2 Å². The third kappa shape index (κ3) is 10.1. The van der Waals surface area contributed by atoms with Crippen LogP contribution in [0.15, 0.2) is 43.0 Å². The van der Waals surface area contributed by atoms with Crippen molar-refractivity contribution in [3.8, 4) is 0 Å². The first-order chi connectivity index (χ1) is 24.4. The zero-order chi connectivity index (χ0) is 38.3. The maximum Gasteiger partial charge on any atom is 0.412 e. The van der Waals surface area contributed by atoms with Crippen molar-refractivity contribution in [2.45, 2.75) is 45.6 Å². The van der Waals surface area contributed by atoms with Crippen molar-refractivity contribution in [3.63, 3.8) is 0 Å². The highest BCUT2D eigenvalue weighted by Crippen LogP contribution is 2.20. The Morgan fingerprint density at radius 3 is 1.69 bits per heavy atom. The van der Waals surface area contributed by atoms with E-state index in [0.717, 1.165) is 0 Å². The van der Waals surface area contributed by atoms with Crippen LogP contribution in [0.25, 0.3) is 0 Å². The summed E-state index contributed by atoms with van der Waals surface area (Å²) in [4.78, 5) is 79.6. The summed E-state index contributed by atoms with van der Waals surface area (Å²) in [5, 5.41) is 13.5. The normalized spacial score (nSPS) is 11.1. The number of nitrogens with zero attached hydrogens (tertiary/aromatic N) is 5. The molecule has 0 fully saturated rings. The van der Waals surface area contributed by atoms with Crippen LogP contribution in [0.3, 0.4) is 0 Å². The average Bonchev–Trinajstić information content (AvgIpc) is 3.80. The lowest BCUT2D eigenvalue weighted by Gasteiger charge is -2.19. The summed E-state index contributed by atoms with van der Waals surface area (Å²) in [6, 6.07) is 4.51. The maximum atomic E-state index is 13.2. The summed E-state index contributed by atoms with van der Waals surface area (Å²) in [5.41, 5.74) is 1.16. The topological polar surface area (TPSA) is 214 Å². The molecule has 5 amide bonds. The van der Waals surface area contributed by atoms with Crippen molar-refractivity contribution in [1.29, 1.82) is 0 Å². The first-order valence-electron chi connectivity index (χ1n) is 16.3. The Morgan fingerprint density at radius 1 is 0.654 bits per heavy atom. The standard InChI is InChI=1S/C34H44N10O8/c1-34(2,3)52-33(50)38-22-15-25(43(6)18-22)31(48)40-26-19-44(7)28(39-26)32(49)37-21-14-24(42(5)17-21)30(47)36-20-13-23(41(4)16-20)29(46)35-12-10-9-11-27(45)51-8/h13-19H,9-12H2,1-8H3,(H,35,46)(H,36,47)(H,37,49)(H,38,50)(H,40,48). The van der Waals surface area contributed by atoms with Crippen molar-refractivity contribution in [2.75, 3.05) is 34.9 Å². The lowest BCUT2D eigenvalue weighted by molar-refractivity contribution is -0.140. The second-order valence-electron chi connectivity index (χ2n) is 13.0. The Labute approximate surface area is 299 Å². The van der Waals surface area contributed by atoms with Gasteiger partial charge in [-0.05, 0) is 51.8 Å². The van der Waals surface area contributed by atoms with Gasteiger partial charge in [0.05, 0.1) is 24.2 Å². The number of imidazole rings is 1. The third-order valence-electron chi connectivity index (χ3n) is 7.52. The van der Waals surface area contributed by atoms with Crippen molar-refractivity contribution in [1.82, 2.24) is 28.6 Å². The molecule has 278 valence electrons. The Balaban J connectivity index is 1.33. The first-order valence-corrected chi connectivity index (χ1v) is 16.3. The number of unbranched alkanes of at least 4 members (excludes halogenated alkanes) is 1. The Bertz CT molecular complexity index is 1990. The number of aromatic nitrogens is 5. The molecule has 0 unspecified atom stereocenters. The maximum absolute atomic E-state index is 13.2. The molecule has 4 heterocycles. The quantitative estimate of drug-likeness (QED) is 0.101. The van der Waals surface area contributed by atoms with Gasteiger partial charge in [-0.3, -0.25) is 29.3 Å². The minimum absolute atomic E-state index is 0.0112. The first kappa shape index (κ1) is 38.5. The van der Waals surface area contributed by atoms with Gasteiger partial charge in [0.1, 0.15) is 22.7 Å². The van der Waals surface area contributed by atoms with Crippen LogP contribution in [-0.2, 0) is 42.5 Å². The van der Waals surface area contributed by atoms with Crippen LogP contribution >= 0.6 is 0 Å². The smallest absolute Gasteiger partial charge is 0.412 e. The number of carbonyl (C=O) groups excluding carboxylic acids is 6. The van der Waals surface area contributed by atoms with E-state index in [9.17, 15) is 28.8 Å². The van der Waals surface area contributed by atoms with Crippen LogP contribution in [-0.4, -0.2) is 78.2 Å². The molecule has 0 spiro atoms. The lowest BCUT2D eigenvalue weighted by Crippen LogP contribution is -2.27. The molecule has 0 aromatic carbocycles. The minimum Gasteiger partial charge on any atom is -0.469 e. The molecule has 4 aromatic heterocycles. The molecule has 0 saturated carbocycles. The number of methoxy groups -OCH3 is 1. The summed E-state index contributed by atoms with van der Waals surface area (Å²) in [6.07, 6.45) is 6.98. The van der Waals surface area contributed by atoms with E-state index < -0.39 is 29.4 Å². The van der Waals surface area contributed by atoms with E-state index in [1.807, 2.05) is 0 Å². The van der Waals surface area contributed by atoms with Crippen LogP contribution in [0.5, 0.6) is 0 Å². The van der Waals surface area contributed by atoms with Crippen LogP contribution in [0, 0.1) is 0 Å². The second kappa shape index (κ2) is 16.1. The van der Waals surface area contributed by atoms with Crippen LogP contribution in [0.1, 0.15) is 82.1 Å². The minimum atomic E-state index is -0.689. The van der Waals surface area contributed by atoms with Gasteiger partial charge in [0.25, 0.3) is 23.6 Å². The number of aryl methyl sites for hydroxylation is 4. The summed E-state index contributed by atoms with van der Waals surface area (Å²) >= 11 is 0. The third-order valence-corrected chi connectivity index (χ3v) is 7.52. The predicted octanol–water partition coefficient (Wildman–Crippen LogP) is 3.61. The molecule has 52 heavy (non-hydrogen) atoms. The van der Waals surface area contributed by atoms with Gasteiger partial charge in [-0.25, -0.2) is 9.78 Å². The number of esters is 1. The molecule has 0 aliphatic rings. The van der Waals surface area contributed by atoms with E-state index in [1.165, 1.54) is 39.1 Å². The van der Waals surface area contributed by atoms with Crippen molar-refractivity contribution in [2.24, 2.45) is 28.2 Å². The van der Waals surface area contributed by atoms with Gasteiger partial charge >= 0.3 is 12.1 Å². The molecular weight excluding hydrogens is 676 g/mol. The molecule has 5 N–H and O–H groups in total. The van der Waals surface area contributed by atoms with Gasteiger partial charge in [0.2, 0.25) is 5.82 Å². The molecule has 4 aromatic rings. The predicted molar refractivity (Wildman–Crippen MR) is 191 cm³/mol. The molecule has 0 atom stereocenters. The van der Waals surface area contributed by atoms with Gasteiger partial charge in [-0.15, -0.1) is 0 Å². The number of rotatable bonds is 13. The van der Waals surface area contributed by atoms with Gasteiger partial charge in [-0.2, -0.15) is 0 Å². The Morgan fingerprint density at radius 2 is 1.15 bits per heavy atom. The largest absolute Gasteiger partial charge is 0.469 e. The Hall–Kier alpha value is -6.33. The van der Waals surface area contributed by atoms with Gasteiger partial charge in [0.15, 0.2) is 5.82 Å². The number of hydrogen-bond donors (Lipinski definition) is 5. The molecule has 0 radical (unpaired) electrons. The van der Waals surface area contributed by atoms with E-state index in [0.29, 0.717) is 42.1 Å². The molecule has 4 rings (SSSR count). The molecule has 18 heteroatoms. The number of nitrogens with one attached hydrogen (secondary N) is 5. The summed E-state index contributed by atoms with van der Waals surface area (Å²) < 4.78 is 15.9. The fourth-order valence-electron chi connectivity index (χ4n) is 5.09. The molecule has 18 nitrogen and oxygen atoms in total. The van der Waals surface area contributed by atoms with Crippen molar-refractivity contribution in [3.05, 3.63) is 65.9 Å². The number of carbonyl (C=O) groups is 6. The zero-order valence-electron chi connectivity index (χ0n) is 30.4. The van der Waals surface area contributed by atoms with Gasteiger partial charge < -0.3 is 49.0 Å². The fraction of sp³-hybridized carbons (Fsp3) is 0.382. The van der Waals surface area contributed by atoms with Crippen molar-refractivity contribution >= 4 is 58.6 Å². The second-order valence-corrected chi connectivity index (χ2v) is 13.0. The van der Waals surface area contributed by atoms with Crippen LogP contribution in [0.2, 0.25) is 0 Å².